The highest BCUT2D eigenvalue weighted by atomic mass is 79.9. The number of nitrogens with zero attached hydrogens (tertiary/aromatic N) is 4. The number of aromatic nitrogens is 4. The van der Waals surface area contributed by atoms with Gasteiger partial charge in [0.25, 0.3) is 5.91 Å². The Kier molecular flexibility index (Phi) is 5.50. The molecular weight excluding hydrogens is 465 g/mol. The highest BCUT2D eigenvalue weighted by Crippen LogP contribution is 2.24. The fourth-order valence-corrected chi connectivity index (χ4v) is 3.35. The number of furan rings is 1. The minimum Gasteiger partial charge on any atom is -0.454 e. The highest BCUT2D eigenvalue weighted by Gasteiger charge is 2.17. The van der Waals surface area contributed by atoms with Gasteiger partial charge in [0.2, 0.25) is 0 Å². The van der Waals surface area contributed by atoms with Crippen molar-refractivity contribution in [2.75, 3.05) is 5.32 Å². The van der Waals surface area contributed by atoms with E-state index < -0.39 is 11.7 Å². The summed E-state index contributed by atoms with van der Waals surface area (Å²) in [7, 11) is 0. The Balaban J connectivity index is 1.46. The number of carbonyl (C=O) groups is 1. The molecule has 4 aromatic rings. The van der Waals surface area contributed by atoms with Gasteiger partial charge in [-0.25, -0.2) is 4.39 Å². The van der Waals surface area contributed by atoms with Crippen LogP contribution in [0.3, 0.4) is 0 Å². The first kappa shape index (κ1) is 19.4. The van der Waals surface area contributed by atoms with Crippen LogP contribution in [0, 0.1) is 5.82 Å². The van der Waals surface area contributed by atoms with Crippen molar-refractivity contribution in [3.05, 3.63) is 87.4 Å². The first-order valence-electron chi connectivity index (χ1n) is 8.53. The fraction of sp³-hybridized carbons (Fsp3) is 0.105. The van der Waals surface area contributed by atoms with E-state index in [1.165, 1.54) is 16.8 Å². The highest BCUT2D eigenvalue weighted by molar-refractivity contribution is 9.10. The normalized spacial score (nSPS) is 11.0. The third-order valence-corrected chi connectivity index (χ3v) is 5.03. The number of amides is 1. The molecule has 0 aliphatic heterocycles. The van der Waals surface area contributed by atoms with Crippen LogP contribution in [-0.4, -0.2) is 25.5 Å². The standard InChI is InChI=1S/C19H14BrClFN5O2/c20-14-11-27(10-13-15(21)3-1-4-16(13)22)25-18(14)24-19(28)17-6-5-12(29-17)9-26-8-2-7-23-26/h1-8,11H,9-10H2,(H,24,25,28). The van der Waals surface area contributed by atoms with Crippen molar-refractivity contribution in [2.45, 2.75) is 13.1 Å². The summed E-state index contributed by atoms with van der Waals surface area (Å²) < 4.78 is 23.3. The number of hydrogen-bond donors (Lipinski definition) is 1. The topological polar surface area (TPSA) is 77.9 Å². The fourth-order valence-electron chi connectivity index (χ4n) is 2.72. The van der Waals surface area contributed by atoms with E-state index >= 15 is 0 Å². The van der Waals surface area contributed by atoms with E-state index in [1.807, 2.05) is 0 Å². The summed E-state index contributed by atoms with van der Waals surface area (Å²) in [6, 6.07) is 9.58. The summed E-state index contributed by atoms with van der Waals surface area (Å²) in [5.74, 6) is 0.150. The number of benzene rings is 1. The van der Waals surface area contributed by atoms with Gasteiger partial charge in [0.15, 0.2) is 11.6 Å². The Labute approximate surface area is 178 Å². The second kappa shape index (κ2) is 8.22. The van der Waals surface area contributed by atoms with Crippen LogP contribution in [0.15, 0.2) is 63.9 Å². The molecule has 1 amide bonds. The van der Waals surface area contributed by atoms with E-state index in [2.05, 4.69) is 31.4 Å². The molecule has 29 heavy (non-hydrogen) atoms. The smallest absolute Gasteiger partial charge is 0.292 e. The van der Waals surface area contributed by atoms with Crippen LogP contribution in [0.25, 0.3) is 0 Å². The summed E-state index contributed by atoms with van der Waals surface area (Å²) in [4.78, 5) is 12.5. The Morgan fingerprint density at radius 2 is 2.07 bits per heavy atom. The molecule has 10 heteroatoms. The van der Waals surface area contributed by atoms with Crippen LogP contribution in [0.2, 0.25) is 5.02 Å². The second-order valence-corrected chi connectivity index (χ2v) is 7.41. The van der Waals surface area contributed by atoms with E-state index in [4.69, 9.17) is 16.0 Å². The summed E-state index contributed by atoms with van der Waals surface area (Å²) in [5.41, 5.74) is 0.316. The average molecular weight is 479 g/mol. The molecule has 4 rings (SSSR count). The lowest BCUT2D eigenvalue weighted by molar-refractivity contribution is 0.0994. The summed E-state index contributed by atoms with van der Waals surface area (Å²) in [6.45, 7) is 0.538. The van der Waals surface area contributed by atoms with Gasteiger partial charge in [-0.05, 0) is 46.3 Å². The number of nitrogens with one attached hydrogen (secondary N) is 1. The molecule has 7 nitrogen and oxygen atoms in total. The molecule has 1 aromatic carbocycles. The first-order valence-corrected chi connectivity index (χ1v) is 9.70. The minimum absolute atomic E-state index is 0.120. The van der Waals surface area contributed by atoms with E-state index in [-0.39, 0.29) is 18.1 Å². The van der Waals surface area contributed by atoms with Crippen LogP contribution >= 0.6 is 27.5 Å². The quantitative estimate of drug-likeness (QED) is 0.440. The van der Waals surface area contributed by atoms with Crippen LogP contribution in [-0.2, 0) is 13.1 Å². The van der Waals surface area contributed by atoms with E-state index in [9.17, 15) is 9.18 Å². The third kappa shape index (κ3) is 4.41. The van der Waals surface area contributed by atoms with Gasteiger partial charge in [0, 0.05) is 29.2 Å². The van der Waals surface area contributed by atoms with Crippen molar-refractivity contribution >= 4 is 39.3 Å². The van der Waals surface area contributed by atoms with Gasteiger partial charge in [-0.1, -0.05) is 17.7 Å². The Morgan fingerprint density at radius 1 is 1.21 bits per heavy atom. The Bertz CT molecular complexity index is 1140. The molecule has 3 aromatic heterocycles. The number of rotatable bonds is 6. The zero-order valence-electron chi connectivity index (χ0n) is 14.8. The molecule has 0 fully saturated rings. The molecule has 3 heterocycles. The molecule has 0 bridgehead atoms. The molecule has 0 saturated carbocycles. The summed E-state index contributed by atoms with van der Waals surface area (Å²) in [6.07, 6.45) is 5.09. The van der Waals surface area contributed by atoms with E-state index in [0.717, 1.165) is 0 Å². The minimum atomic E-state index is -0.452. The first-order chi connectivity index (χ1) is 14.0. The molecule has 0 atom stereocenters. The van der Waals surface area contributed by atoms with Crippen LogP contribution in [0.4, 0.5) is 10.2 Å². The summed E-state index contributed by atoms with van der Waals surface area (Å²) >= 11 is 9.41. The molecule has 0 aliphatic carbocycles. The number of anilines is 1. The van der Waals surface area contributed by atoms with Crippen molar-refractivity contribution in [3.8, 4) is 0 Å². The van der Waals surface area contributed by atoms with E-state index in [1.54, 1.807) is 47.5 Å². The van der Waals surface area contributed by atoms with Crippen molar-refractivity contribution < 1.29 is 13.6 Å². The maximum absolute atomic E-state index is 14.0. The average Bonchev–Trinajstić information content (AvgIpc) is 3.42. The lowest BCUT2D eigenvalue weighted by Crippen LogP contribution is -2.12. The zero-order valence-corrected chi connectivity index (χ0v) is 17.2. The largest absolute Gasteiger partial charge is 0.454 e. The molecular formula is C19H14BrClFN5O2. The zero-order chi connectivity index (χ0) is 20.4. The van der Waals surface area contributed by atoms with Gasteiger partial charge in [0.1, 0.15) is 11.6 Å². The SMILES string of the molecule is O=C(Nc1nn(Cc2c(F)cccc2Cl)cc1Br)c1ccc(Cn2cccn2)o1. The molecule has 0 unspecified atom stereocenters. The molecule has 0 spiro atoms. The van der Waals surface area contributed by atoms with Gasteiger partial charge in [-0.2, -0.15) is 10.2 Å². The van der Waals surface area contributed by atoms with Crippen LogP contribution in [0.5, 0.6) is 0 Å². The van der Waals surface area contributed by atoms with Gasteiger partial charge in [-0.3, -0.25) is 14.2 Å². The number of hydrogen-bond acceptors (Lipinski definition) is 4. The van der Waals surface area contributed by atoms with Gasteiger partial charge in [-0.15, -0.1) is 0 Å². The van der Waals surface area contributed by atoms with Crippen molar-refractivity contribution in [1.82, 2.24) is 19.6 Å². The predicted molar refractivity (Wildman–Crippen MR) is 108 cm³/mol. The molecule has 1 N–H and O–H groups in total. The van der Waals surface area contributed by atoms with Crippen molar-refractivity contribution in [3.63, 3.8) is 0 Å². The summed E-state index contributed by atoms with van der Waals surface area (Å²) in [5, 5.41) is 11.4. The third-order valence-electron chi connectivity index (χ3n) is 4.09. The lowest BCUT2D eigenvalue weighted by Gasteiger charge is -2.06. The Morgan fingerprint density at radius 3 is 2.83 bits per heavy atom. The van der Waals surface area contributed by atoms with Gasteiger partial charge in [0.05, 0.1) is 17.6 Å². The second-order valence-electron chi connectivity index (χ2n) is 6.15. The molecule has 148 valence electrons. The molecule has 0 aliphatic rings. The lowest BCUT2D eigenvalue weighted by atomic mass is 10.2. The van der Waals surface area contributed by atoms with Crippen LogP contribution in [0.1, 0.15) is 21.9 Å². The predicted octanol–water partition coefficient (Wildman–Crippen LogP) is 4.58. The number of carbonyl (C=O) groups excluding carboxylic acids is 1. The monoisotopic (exact) mass is 477 g/mol. The van der Waals surface area contributed by atoms with E-state index in [0.29, 0.717) is 27.4 Å². The molecule has 0 radical (unpaired) electrons. The number of halogens is 3. The Hall–Kier alpha value is -2.91. The van der Waals surface area contributed by atoms with Crippen LogP contribution < -0.4 is 5.32 Å². The van der Waals surface area contributed by atoms with Crippen molar-refractivity contribution in [1.29, 1.82) is 0 Å². The van der Waals surface area contributed by atoms with Gasteiger partial charge >= 0.3 is 0 Å². The molecule has 0 saturated heterocycles. The van der Waals surface area contributed by atoms with Crippen molar-refractivity contribution in [2.24, 2.45) is 0 Å². The maximum atomic E-state index is 14.0. The van der Waals surface area contributed by atoms with Gasteiger partial charge < -0.3 is 9.73 Å². The maximum Gasteiger partial charge on any atom is 0.292 e.